The lowest BCUT2D eigenvalue weighted by Gasteiger charge is -2.29. The number of allylic oxidation sites excluding steroid dienone is 2. The van der Waals surface area contributed by atoms with Gasteiger partial charge in [-0.1, -0.05) is 85.0 Å². The monoisotopic (exact) mass is 560 g/mol. The highest BCUT2D eigenvalue weighted by atomic mass is 32.3. The molecule has 3 heterocycles. The second kappa shape index (κ2) is 8.64. The summed E-state index contributed by atoms with van der Waals surface area (Å²) in [6.45, 7) is 0. The van der Waals surface area contributed by atoms with E-state index in [1.54, 1.807) is 0 Å². The Morgan fingerprint density at radius 3 is 1.90 bits per heavy atom. The summed E-state index contributed by atoms with van der Waals surface area (Å²) >= 11 is 0. The van der Waals surface area contributed by atoms with Gasteiger partial charge in [0.25, 0.3) is 0 Å². The first-order valence-electron chi connectivity index (χ1n) is 14.4. The van der Waals surface area contributed by atoms with E-state index in [1.807, 2.05) is 6.07 Å². The fraction of sp³-hybridized carbons (Fsp3) is 0.0769. The van der Waals surface area contributed by atoms with Crippen molar-refractivity contribution in [3.8, 4) is 33.4 Å². The molecule has 2 aliphatic rings. The maximum atomic E-state index is 6.28. The van der Waals surface area contributed by atoms with Crippen molar-refractivity contribution in [3.05, 3.63) is 121 Å². The predicted molar refractivity (Wildman–Crippen MR) is 178 cm³/mol. The Morgan fingerprint density at radius 2 is 1.17 bits per heavy atom. The van der Waals surface area contributed by atoms with E-state index in [4.69, 9.17) is 8.83 Å². The molecule has 2 aromatic heterocycles. The molecule has 9 rings (SSSR count). The summed E-state index contributed by atoms with van der Waals surface area (Å²) in [6.07, 6.45) is 14.5. The molecule has 0 atom stereocenters. The SMILES string of the molecule is CS1(C)c2cc(-c3cccc4oc5c(c34)C=CCC=C5)ccc2-c2ccc(-c3cccc4oc5ccccc5c34)cc21. The van der Waals surface area contributed by atoms with Crippen molar-refractivity contribution in [1.29, 1.82) is 0 Å². The fourth-order valence-electron chi connectivity index (χ4n) is 6.96. The molecule has 0 bridgehead atoms. The quantitative estimate of drug-likeness (QED) is 0.210. The molecular formula is C39H28O2S. The van der Waals surface area contributed by atoms with Crippen molar-refractivity contribution >= 4 is 55.1 Å². The Bertz CT molecular complexity index is 2310. The van der Waals surface area contributed by atoms with Crippen LogP contribution in [-0.2, 0) is 0 Å². The molecule has 0 spiro atoms. The molecule has 0 amide bonds. The molecule has 2 nitrogen and oxygen atoms in total. The van der Waals surface area contributed by atoms with E-state index in [2.05, 4.69) is 128 Å². The molecule has 0 fully saturated rings. The number of fused-ring (bicyclic) bond motifs is 9. The zero-order valence-electron chi connectivity index (χ0n) is 23.5. The molecule has 0 saturated carbocycles. The van der Waals surface area contributed by atoms with Crippen molar-refractivity contribution < 1.29 is 8.83 Å². The van der Waals surface area contributed by atoms with Gasteiger partial charge >= 0.3 is 0 Å². The van der Waals surface area contributed by atoms with Gasteiger partial charge in [-0.2, -0.15) is 10.0 Å². The van der Waals surface area contributed by atoms with E-state index in [0.29, 0.717) is 0 Å². The number of benzene rings is 5. The van der Waals surface area contributed by atoms with Gasteiger partial charge in [-0.05, 0) is 88.7 Å². The van der Waals surface area contributed by atoms with Crippen LogP contribution in [0.5, 0.6) is 0 Å². The Hall–Kier alpha value is -4.73. The van der Waals surface area contributed by atoms with Gasteiger partial charge in [0, 0.05) is 31.5 Å². The molecule has 0 radical (unpaired) electrons. The summed E-state index contributed by atoms with van der Waals surface area (Å²) in [4.78, 5) is 2.89. The van der Waals surface area contributed by atoms with Crippen LogP contribution in [0.1, 0.15) is 17.7 Å². The van der Waals surface area contributed by atoms with Crippen LogP contribution in [-0.4, -0.2) is 12.5 Å². The lowest BCUT2D eigenvalue weighted by Crippen LogP contribution is -1.94. The second-order valence-corrected chi connectivity index (χ2v) is 15.2. The Kier molecular flexibility index (Phi) is 4.92. The van der Waals surface area contributed by atoms with Gasteiger partial charge in [0.1, 0.15) is 22.5 Å². The minimum atomic E-state index is -1.24. The average Bonchev–Trinajstić information content (AvgIpc) is 3.57. The molecule has 0 saturated heterocycles. The van der Waals surface area contributed by atoms with Crippen molar-refractivity contribution in [1.82, 2.24) is 0 Å². The van der Waals surface area contributed by atoms with E-state index in [-0.39, 0.29) is 0 Å². The zero-order chi connectivity index (χ0) is 28.0. The molecule has 1 aliphatic heterocycles. The maximum Gasteiger partial charge on any atom is 0.136 e. The van der Waals surface area contributed by atoms with Crippen LogP contribution in [0.25, 0.3) is 78.4 Å². The van der Waals surface area contributed by atoms with E-state index >= 15 is 0 Å². The van der Waals surface area contributed by atoms with Crippen molar-refractivity contribution in [2.75, 3.05) is 12.5 Å². The van der Waals surface area contributed by atoms with Crippen LogP contribution in [0, 0.1) is 0 Å². The minimum absolute atomic E-state index is 0.926. The Labute approximate surface area is 245 Å². The maximum absolute atomic E-state index is 6.28. The van der Waals surface area contributed by atoms with Crippen LogP contribution in [0.3, 0.4) is 0 Å². The summed E-state index contributed by atoms with van der Waals surface area (Å²) in [7, 11) is -1.24. The first kappa shape index (κ1) is 23.9. The number of furan rings is 2. The molecule has 202 valence electrons. The fourth-order valence-corrected chi connectivity index (χ4v) is 9.50. The third-order valence-corrected chi connectivity index (χ3v) is 11.9. The van der Waals surface area contributed by atoms with Crippen molar-refractivity contribution in [3.63, 3.8) is 0 Å². The second-order valence-electron chi connectivity index (χ2n) is 11.6. The van der Waals surface area contributed by atoms with E-state index < -0.39 is 10.0 Å². The molecule has 42 heavy (non-hydrogen) atoms. The topological polar surface area (TPSA) is 26.3 Å². The Balaban J connectivity index is 1.20. The van der Waals surface area contributed by atoms with E-state index in [9.17, 15) is 0 Å². The summed E-state index contributed by atoms with van der Waals surface area (Å²) < 4.78 is 12.5. The average molecular weight is 561 g/mol. The molecule has 0 N–H and O–H groups in total. The first-order valence-corrected chi connectivity index (χ1v) is 16.8. The minimum Gasteiger partial charge on any atom is -0.456 e. The largest absolute Gasteiger partial charge is 0.456 e. The highest BCUT2D eigenvalue weighted by Gasteiger charge is 2.33. The van der Waals surface area contributed by atoms with Gasteiger partial charge in [-0.25, -0.2) is 0 Å². The summed E-state index contributed by atoms with van der Waals surface area (Å²) in [5.74, 6) is 0.943. The van der Waals surface area contributed by atoms with Crippen molar-refractivity contribution in [2.24, 2.45) is 0 Å². The smallest absolute Gasteiger partial charge is 0.136 e. The van der Waals surface area contributed by atoms with E-state index in [0.717, 1.165) is 28.9 Å². The van der Waals surface area contributed by atoms with Gasteiger partial charge in [-0.15, -0.1) is 0 Å². The van der Waals surface area contributed by atoms with Crippen LogP contribution in [0.2, 0.25) is 0 Å². The molecule has 7 aromatic rings. The highest BCUT2D eigenvalue weighted by Crippen LogP contribution is 2.68. The number of hydrogen-bond donors (Lipinski definition) is 0. The first-order chi connectivity index (χ1) is 20.6. The predicted octanol–water partition coefficient (Wildman–Crippen LogP) is 11.6. The van der Waals surface area contributed by atoms with Crippen LogP contribution < -0.4 is 0 Å². The Morgan fingerprint density at radius 1 is 0.548 bits per heavy atom. The third-order valence-electron chi connectivity index (χ3n) is 8.98. The molecule has 0 unspecified atom stereocenters. The van der Waals surface area contributed by atoms with Crippen molar-refractivity contribution in [2.45, 2.75) is 16.2 Å². The lowest BCUT2D eigenvalue weighted by atomic mass is 9.94. The number of hydrogen-bond acceptors (Lipinski definition) is 2. The van der Waals surface area contributed by atoms with Crippen LogP contribution in [0.15, 0.2) is 128 Å². The van der Waals surface area contributed by atoms with Gasteiger partial charge in [-0.3, -0.25) is 0 Å². The van der Waals surface area contributed by atoms with Gasteiger partial charge in [0.15, 0.2) is 0 Å². The molecular weight excluding hydrogens is 532 g/mol. The summed E-state index contributed by atoms with van der Waals surface area (Å²) in [5, 5.41) is 3.55. The molecule has 5 aromatic carbocycles. The zero-order valence-corrected chi connectivity index (χ0v) is 24.3. The van der Waals surface area contributed by atoms with E-state index in [1.165, 1.54) is 64.9 Å². The van der Waals surface area contributed by atoms with Gasteiger partial charge in [0.05, 0.1) is 0 Å². The summed E-state index contributed by atoms with van der Waals surface area (Å²) in [6, 6.07) is 35.3. The third kappa shape index (κ3) is 3.29. The van der Waals surface area contributed by atoms with Crippen LogP contribution >= 0.6 is 10.0 Å². The summed E-state index contributed by atoms with van der Waals surface area (Å²) in [5.41, 5.74) is 11.6. The standard InChI is InChI=1S/C39H28O2S/c1-42(2)36-22-24(26-12-8-16-34-38(26)30-10-4-3-5-14-32(30)40-34)18-20-28(36)29-21-19-25(23-37(29)42)27-13-9-17-35-39(27)31-11-6-7-15-33(31)41-35/h4-23H,3H2,1-2H3. The highest BCUT2D eigenvalue weighted by molar-refractivity contribution is 8.33. The number of rotatable bonds is 2. The normalized spacial score (nSPS) is 15.6. The van der Waals surface area contributed by atoms with Gasteiger partial charge < -0.3 is 8.83 Å². The lowest BCUT2D eigenvalue weighted by molar-refractivity contribution is 0.603. The molecule has 3 heteroatoms. The number of para-hydroxylation sites is 1. The van der Waals surface area contributed by atoms with Gasteiger partial charge in [0.2, 0.25) is 0 Å². The van der Waals surface area contributed by atoms with Crippen LogP contribution in [0.4, 0.5) is 0 Å². The molecule has 1 aliphatic carbocycles.